The maximum Gasteiger partial charge on any atom is 0.231 e. The van der Waals surface area contributed by atoms with Gasteiger partial charge >= 0.3 is 0 Å². The van der Waals surface area contributed by atoms with Gasteiger partial charge in [-0.15, -0.1) is 0 Å². The van der Waals surface area contributed by atoms with E-state index in [1.165, 1.54) is 6.33 Å². The lowest BCUT2D eigenvalue weighted by Crippen LogP contribution is -1.99. The molecule has 0 aliphatic carbocycles. The van der Waals surface area contributed by atoms with Crippen molar-refractivity contribution in [3.8, 4) is 11.5 Å². The molecule has 0 atom stereocenters. The third-order valence-electron chi connectivity index (χ3n) is 3.53. The molecule has 1 aromatic heterocycles. The lowest BCUT2D eigenvalue weighted by molar-refractivity contribution is 0.174. The Bertz CT molecular complexity index is 916. The Kier molecular flexibility index (Phi) is 4.21. The topological polar surface area (TPSA) is 68.3 Å². The van der Waals surface area contributed by atoms with Gasteiger partial charge in [-0.05, 0) is 24.3 Å². The van der Waals surface area contributed by atoms with Crippen molar-refractivity contribution in [2.45, 2.75) is 0 Å². The zero-order valence-corrected chi connectivity index (χ0v) is 14.3. The first kappa shape index (κ1) is 15.8. The van der Waals surface area contributed by atoms with E-state index in [1.54, 1.807) is 24.3 Å². The highest BCUT2D eigenvalue weighted by atomic mass is 35.5. The number of para-hydroxylation sites is 1. The van der Waals surface area contributed by atoms with Gasteiger partial charge < -0.3 is 20.1 Å². The molecule has 1 aliphatic heterocycles. The predicted octanol–water partition coefficient (Wildman–Crippen LogP) is 5.00. The quantitative estimate of drug-likeness (QED) is 0.669. The Morgan fingerprint density at radius 2 is 1.56 bits per heavy atom. The maximum absolute atomic E-state index is 6.17. The fourth-order valence-corrected chi connectivity index (χ4v) is 2.85. The van der Waals surface area contributed by atoms with E-state index in [4.69, 9.17) is 32.7 Å². The molecular weight excluding hydrogens is 363 g/mol. The van der Waals surface area contributed by atoms with Gasteiger partial charge in [0.1, 0.15) is 18.0 Å². The van der Waals surface area contributed by atoms with Gasteiger partial charge in [0.15, 0.2) is 11.5 Å². The SMILES string of the molecule is Clc1cccc(Cl)c1Nc1cc(Nc2ccc3c(c2)OCO3)ncn1. The minimum absolute atomic E-state index is 0.235. The first-order valence-corrected chi connectivity index (χ1v) is 8.14. The van der Waals surface area contributed by atoms with Gasteiger partial charge in [0.2, 0.25) is 6.79 Å². The first-order valence-electron chi connectivity index (χ1n) is 7.39. The number of nitrogens with zero attached hydrogens (tertiary/aromatic N) is 2. The van der Waals surface area contributed by atoms with E-state index in [-0.39, 0.29) is 6.79 Å². The summed E-state index contributed by atoms with van der Waals surface area (Å²) in [5.41, 5.74) is 1.42. The second kappa shape index (κ2) is 6.66. The van der Waals surface area contributed by atoms with Crippen LogP contribution in [0.5, 0.6) is 11.5 Å². The molecule has 0 spiro atoms. The van der Waals surface area contributed by atoms with Gasteiger partial charge in [-0.1, -0.05) is 29.3 Å². The molecule has 0 amide bonds. The van der Waals surface area contributed by atoms with Crippen molar-refractivity contribution < 1.29 is 9.47 Å². The molecule has 0 bridgehead atoms. The number of nitrogens with one attached hydrogen (secondary N) is 2. The molecule has 0 saturated carbocycles. The Labute approximate surface area is 153 Å². The number of fused-ring (bicyclic) bond motifs is 1. The Balaban J connectivity index is 1.55. The molecule has 6 nitrogen and oxygen atoms in total. The summed E-state index contributed by atoms with van der Waals surface area (Å²) in [7, 11) is 0. The van der Waals surface area contributed by atoms with Crippen LogP contribution in [0, 0.1) is 0 Å². The van der Waals surface area contributed by atoms with E-state index in [1.807, 2.05) is 18.2 Å². The van der Waals surface area contributed by atoms with Crippen LogP contribution in [0.2, 0.25) is 10.0 Å². The average Bonchev–Trinajstić information content (AvgIpc) is 3.06. The molecule has 0 radical (unpaired) electrons. The molecule has 0 saturated heterocycles. The Hall–Kier alpha value is -2.70. The molecule has 4 rings (SSSR count). The molecule has 0 fully saturated rings. The number of rotatable bonds is 4. The lowest BCUT2D eigenvalue weighted by atomic mass is 10.2. The summed E-state index contributed by atoms with van der Waals surface area (Å²) in [5.74, 6) is 2.59. The largest absolute Gasteiger partial charge is 0.454 e. The number of halogens is 2. The van der Waals surface area contributed by atoms with Gasteiger partial charge in [0, 0.05) is 17.8 Å². The van der Waals surface area contributed by atoms with Crippen molar-refractivity contribution in [1.82, 2.24) is 9.97 Å². The number of hydrogen-bond donors (Lipinski definition) is 2. The van der Waals surface area contributed by atoms with Crippen molar-refractivity contribution in [3.05, 3.63) is 58.8 Å². The van der Waals surface area contributed by atoms with Crippen LogP contribution in [-0.4, -0.2) is 16.8 Å². The molecule has 2 heterocycles. The molecule has 126 valence electrons. The van der Waals surface area contributed by atoms with Gasteiger partial charge in [0.05, 0.1) is 15.7 Å². The number of aromatic nitrogens is 2. The molecule has 8 heteroatoms. The third kappa shape index (κ3) is 3.40. The number of anilines is 4. The van der Waals surface area contributed by atoms with Gasteiger partial charge in [-0.2, -0.15) is 0 Å². The molecule has 2 N–H and O–H groups in total. The fraction of sp³-hybridized carbons (Fsp3) is 0.0588. The number of ether oxygens (including phenoxy) is 2. The minimum atomic E-state index is 0.235. The van der Waals surface area contributed by atoms with Crippen LogP contribution >= 0.6 is 23.2 Å². The van der Waals surface area contributed by atoms with Crippen molar-refractivity contribution >= 4 is 46.2 Å². The molecule has 25 heavy (non-hydrogen) atoms. The van der Waals surface area contributed by atoms with Gasteiger partial charge in [-0.3, -0.25) is 0 Å². The van der Waals surface area contributed by atoms with Crippen molar-refractivity contribution in [3.63, 3.8) is 0 Å². The second-order valence-electron chi connectivity index (χ2n) is 5.20. The van der Waals surface area contributed by atoms with E-state index >= 15 is 0 Å². The minimum Gasteiger partial charge on any atom is -0.454 e. The summed E-state index contributed by atoms with van der Waals surface area (Å²) in [4.78, 5) is 8.41. The normalized spacial score (nSPS) is 12.1. The van der Waals surface area contributed by atoms with E-state index in [0.29, 0.717) is 33.1 Å². The van der Waals surface area contributed by atoms with Crippen molar-refractivity contribution in [2.75, 3.05) is 17.4 Å². The monoisotopic (exact) mass is 374 g/mol. The van der Waals surface area contributed by atoms with Gasteiger partial charge in [0.25, 0.3) is 0 Å². The van der Waals surface area contributed by atoms with Crippen molar-refractivity contribution in [1.29, 1.82) is 0 Å². The van der Waals surface area contributed by atoms with E-state index in [9.17, 15) is 0 Å². The Morgan fingerprint density at radius 1 is 0.840 bits per heavy atom. The second-order valence-corrected chi connectivity index (χ2v) is 6.02. The standard InChI is InChI=1S/C17H12Cl2N4O2/c18-11-2-1-3-12(19)17(11)23-16-7-15(20-8-21-16)22-10-4-5-13-14(6-10)25-9-24-13/h1-8H,9H2,(H2,20,21,22,23). The van der Waals surface area contributed by atoms with Gasteiger partial charge in [-0.25, -0.2) is 9.97 Å². The van der Waals surface area contributed by atoms with E-state index in [0.717, 1.165) is 11.4 Å². The maximum atomic E-state index is 6.17. The predicted molar refractivity (Wildman–Crippen MR) is 97.6 cm³/mol. The summed E-state index contributed by atoms with van der Waals surface area (Å²) in [6.07, 6.45) is 1.45. The number of benzene rings is 2. The van der Waals surface area contributed by atoms with Crippen LogP contribution in [0.15, 0.2) is 48.8 Å². The first-order chi connectivity index (χ1) is 12.2. The molecule has 1 aliphatic rings. The van der Waals surface area contributed by atoms with Crippen LogP contribution < -0.4 is 20.1 Å². The van der Waals surface area contributed by atoms with Crippen LogP contribution in [0.4, 0.5) is 23.0 Å². The number of hydrogen-bond acceptors (Lipinski definition) is 6. The fourth-order valence-electron chi connectivity index (χ4n) is 2.36. The third-order valence-corrected chi connectivity index (χ3v) is 4.16. The Morgan fingerprint density at radius 3 is 2.36 bits per heavy atom. The molecule has 0 unspecified atom stereocenters. The van der Waals surface area contributed by atoms with E-state index < -0.39 is 0 Å². The van der Waals surface area contributed by atoms with Crippen molar-refractivity contribution in [2.24, 2.45) is 0 Å². The van der Waals surface area contributed by atoms with Crippen LogP contribution in [-0.2, 0) is 0 Å². The summed E-state index contributed by atoms with van der Waals surface area (Å²) in [5, 5.41) is 7.33. The molecular formula is C17H12Cl2N4O2. The highest BCUT2D eigenvalue weighted by molar-refractivity contribution is 6.39. The summed E-state index contributed by atoms with van der Waals surface area (Å²) >= 11 is 12.3. The van der Waals surface area contributed by atoms with Crippen LogP contribution in [0.1, 0.15) is 0 Å². The average molecular weight is 375 g/mol. The van der Waals surface area contributed by atoms with Crippen LogP contribution in [0.3, 0.4) is 0 Å². The highest BCUT2D eigenvalue weighted by Crippen LogP contribution is 2.35. The summed E-state index contributed by atoms with van der Waals surface area (Å²) in [6.45, 7) is 0.235. The highest BCUT2D eigenvalue weighted by Gasteiger charge is 2.13. The molecule has 3 aromatic rings. The zero-order valence-electron chi connectivity index (χ0n) is 12.8. The van der Waals surface area contributed by atoms with E-state index in [2.05, 4.69) is 20.6 Å². The van der Waals surface area contributed by atoms with Crippen LogP contribution in [0.25, 0.3) is 0 Å². The zero-order chi connectivity index (χ0) is 17.2. The summed E-state index contributed by atoms with van der Waals surface area (Å²) < 4.78 is 10.7. The summed E-state index contributed by atoms with van der Waals surface area (Å²) in [6, 6.07) is 12.6. The smallest absolute Gasteiger partial charge is 0.231 e. The molecule has 2 aromatic carbocycles. The lowest BCUT2D eigenvalue weighted by Gasteiger charge is -2.11.